The van der Waals surface area contributed by atoms with E-state index in [4.69, 9.17) is 0 Å². The SMILES string of the molecule is COC(=O)c1c[se]c([N+](=O)[O-])c1-c1c(C(=O)OC)c[se]c1[N+](=O)[O-]. The summed E-state index contributed by atoms with van der Waals surface area (Å²) in [6.45, 7) is 0. The molecule has 24 heavy (non-hydrogen) atoms. The number of esters is 2. The molecule has 2 aromatic rings. The second-order valence-electron chi connectivity index (χ2n) is 4.16. The molecule has 2 heterocycles. The van der Waals surface area contributed by atoms with Crippen LogP contribution in [0.3, 0.4) is 0 Å². The Morgan fingerprint density at radius 2 is 1.21 bits per heavy atom. The molecule has 0 aliphatic carbocycles. The van der Waals surface area contributed by atoms with Crippen molar-refractivity contribution >= 4 is 50.1 Å². The molecule has 0 spiro atoms. The fourth-order valence-corrected chi connectivity index (χ4v) is 5.57. The number of nitrogens with zero attached hydrogens (tertiary/aromatic N) is 2. The van der Waals surface area contributed by atoms with Crippen molar-refractivity contribution in [2.24, 2.45) is 0 Å². The Balaban J connectivity index is 2.89. The van der Waals surface area contributed by atoms with Crippen LogP contribution >= 0.6 is 0 Å². The molecule has 0 bridgehead atoms. The summed E-state index contributed by atoms with van der Waals surface area (Å²) in [5.74, 6) is -1.72. The van der Waals surface area contributed by atoms with Crippen molar-refractivity contribution in [3.8, 4) is 11.1 Å². The number of hydrogen-bond acceptors (Lipinski definition) is 8. The van der Waals surface area contributed by atoms with Gasteiger partial charge < -0.3 is 0 Å². The second kappa shape index (κ2) is 7.10. The number of carbonyl (C=O) groups excluding carboxylic acids is 2. The Hall–Kier alpha value is -2.26. The molecule has 0 radical (unpaired) electrons. The first-order valence-electron chi connectivity index (χ1n) is 6.02. The molecule has 0 saturated heterocycles. The van der Waals surface area contributed by atoms with Crippen molar-refractivity contribution in [3.63, 3.8) is 0 Å². The molecule has 12 heteroatoms. The van der Waals surface area contributed by atoms with Gasteiger partial charge in [0.15, 0.2) is 0 Å². The first-order valence-corrected chi connectivity index (χ1v) is 9.71. The van der Waals surface area contributed by atoms with Gasteiger partial charge in [-0.15, -0.1) is 0 Å². The second-order valence-corrected chi connectivity index (χ2v) is 7.76. The molecular weight excluding hydrogens is 458 g/mol. The molecule has 126 valence electrons. The molecule has 0 N–H and O–H groups in total. The van der Waals surface area contributed by atoms with Crippen molar-refractivity contribution in [1.82, 2.24) is 0 Å². The van der Waals surface area contributed by atoms with Crippen LogP contribution in [-0.2, 0) is 9.47 Å². The Kier molecular flexibility index (Phi) is 5.35. The Bertz CT molecular complexity index is 783. The van der Waals surface area contributed by atoms with Crippen LogP contribution in [0.15, 0.2) is 9.88 Å². The van der Waals surface area contributed by atoms with Gasteiger partial charge >= 0.3 is 146 Å². The van der Waals surface area contributed by atoms with E-state index in [0.29, 0.717) is 0 Å². The van der Waals surface area contributed by atoms with E-state index in [2.05, 4.69) is 9.47 Å². The summed E-state index contributed by atoms with van der Waals surface area (Å²) < 4.78 is 8.50. The van der Waals surface area contributed by atoms with Gasteiger partial charge in [0.05, 0.1) is 0 Å². The molecule has 0 aromatic carbocycles. The summed E-state index contributed by atoms with van der Waals surface area (Å²) >= 11 is -1.65. The Morgan fingerprint density at radius 1 is 0.875 bits per heavy atom. The van der Waals surface area contributed by atoms with Gasteiger partial charge in [0.1, 0.15) is 0 Å². The van der Waals surface area contributed by atoms with E-state index in [1.807, 2.05) is 0 Å². The van der Waals surface area contributed by atoms with E-state index in [9.17, 15) is 29.8 Å². The third-order valence-corrected chi connectivity index (χ3v) is 6.84. The summed E-state index contributed by atoms with van der Waals surface area (Å²) in [4.78, 5) is 47.7. The van der Waals surface area contributed by atoms with Crippen LogP contribution in [0.4, 0.5) is 9.12 Å². The van der Waals surface area contributed by atoms with E-state index in [0.717, 1.165) is 14.2 Å². The van der Waals surface area contributed by atoms with Crippen LogP contribution in [0.1, 0.15) is 20.7 Å². The summed E-state index contributed by atoms with van der Waals surface area (Å²) in [6.07, 6.45) is 0. The van der Waals surface area contributed by atoms with Gasteiger partial charge in [0.25, 0.3) is 0 Å². The van der Waals surface area contributed by atoms with Crippen LogP contribution in [0.2, 0.25) is 0 Å². The van der Waals surface area contributed by atoms with E-state index < -0.39 is 50.8 Å². The summed E-state index contributed by atoms with van der Waals surface area (Å²) in [5, 5.41) is 22.6. The van der Waals surface area contributed by atoms with Gasteiger partial charge in [-0.05, 0) is 0 Å². The maximum absolute atomic E-state index is 11.9. The molecule has 0 fully saturated rings. The van der Waals surface area contributed by atoms with Crippen molar-refractivity contribution in [3.05, 3.63) is 41.2 Å². The molecule has 0 unspecified atom stereocenters. The monoisotopic (exact) mass is 468 g/mol. The zero-order chi connectivity index (χ0) is 18.0. The molecule has 0 amide bonds. The van der Waals surface area contributed by atoms with Gasteiger partial charge in [-0.2, -0.15) is 0 Å². The van der Waals surface area contributed by atoms with E-state index >= 15 is 0 Å². The molecule has 2 aromatic heterocycles. The molecule has 0 saturated carbocycles. The minimum absolute atomic E-state index is 0.147. The van der Waals surface area contributed by atoms with Crippen molar-refractivity contribution in [1.29, 1.82) is 0 Å². The number of methoxy groups -OCH3 is 2. The van der Waals surface area contributed by atoms with Gasteiger partial charge in [0.2, 0.25) is 0 Å². The Labute approximate surface area is 145 Å². The molecular formula is C12H8N2O8Se2. The van der Waals surface area contributed by atoms with Crippen molar-refractivity contribution in [2.75, 3.05) is 14.2 Å². The van der Waals surface area contributed by atoms with Crippen LogP contribution < -0.4 is 0 Å². The zero-order valence-corrected chi connectivity index (χ0v) is 15.6. The fourth-order valence-electron chi connectivity index (χ4n) is 1.97. The number of ether oxygens (including phenoxy) is 2. The topological polar surface area (TPSA) is 139 Å². The summed E-state index contributed by atoms with van der Waals surface area (Å²) in [7, 11) is 2.19. The standard InChI is InChI=1S/C12H8N2O8Se2/c1-21-11(15)5-3-23-9(13(17)18)7(5)8-6(12(16)22-2)4-24-10(8)14(19)20/h3-4H,1-2H3. The fraction of sp³-hybridized carbons (Fsp3) is 0.167. The van der Waals surface area contributed by atoms with Crippen LogP contribution in [0.25, 0.3) is 11.1 Å². The number of nitro groups is 2. The van der Waals surface area contributed by atoms with Crippen molar-refractivity contribution < 1.29 is 28.9 Å². The van der Waals surface area contributed by atoms with E-state index in [1.54, 1.807) is 0 Å². The minimum atomic E-state index is -0.859. The molecule has 2 rings (SSSR count). The van der Waals surface area contributed by atoms with Gasteiger partial charge in [0, 0.05) is 0 Å². The van der Waals surface area contributed by atoms with Crippen LogP contribution in [0, 0.1) is 20.2 Å². The first kappa shape index (κ1) is 18.1. The third kappa shape index (κ3) is 3.04. The molecule has 10 nitrogen and oxygen atoms in total. The van der Waals surface area contributed by atoms with Crippen LogP contribution in [0.5, 0.6) is 0 Å². The molecule has 0 aliphatic heterocycles. The predicted molar refractivity (Wildman–Crippen MR) is 81.7 cm³/mol. The predicted octanol–water partition coefficient (Wildman–Crippen LogP) is 0.857. The first-order chi connectivity index (χ1) is 11.3. The molecule has 0 aliphatic rings. The van der Waals surface area contributed by atoms with Gasteiger partial charge in [-0.25, -0.2) is 0 Å². The normalized spacial score (nSPS) is 10.2. The maximum atomic E-state index is 11.9. The van der Waals surface area contributed by atoms with E-state index in [-0.39, 0.29) is 31.4 Å². The van der Waals surface area contributed by atoms with Gasteiger partial charge in [-0.1, -0.05) is 0 Å². The number of hydrogen-bond donors (Lipinski definition) is 0. The third-order valence-electron chi connectivity index (χ3n) is 2.94. The van der Waals surface area contributed by atoms with Gasteiger partial charge in [-0.3, -0.25) is 0 Å². The zero-order valence-electron chi connectivity index (χ0n) is 12.1. The van der Waals surface area contributed by atoms with E-state index in [1.165, 1.54) is 9.88 Å². The van der Waals surface area contributed by atoms with Crippen molar-refractivity contribution in [2.45, 2.75) is 0 Å². The number of rotatable bonds is 5. The average molecular weight is 466 g/mol. The molecule has 0 atom stereocenters. The Morgan fingerprint density at radius 3 is 1.46 bits per heavy atom. The van der Waals surface area contributed by atoms with Crippen LogP contribution in [-0.4, -0.2) is 65.0 Å². The average Bonchev–Trinajstić information content (AvgIpc) is 3.16. The summed E-state index contributed by atoms with van der Waals surface area (Å²) in [6, 6.07) is 0. The quantitative estimate of drug-likeness (QED) is 0.274. The number of carbonyl (C=O) groups is 2. The summed E-state index contributed by atoms with van der Waals surface area (Å²) in [5.41, 5.74) is -0.749.